The van der Waals surface area contributed by atoms with Gasteiger partial charge in [0.2, 0.25) is 0 Å². The molecule has 0 bridgehead atoms. The first-order chi connectivity index (χ1) is 12.2. The number of carbonyl (C=O) groups is 2. The predicted molar refractivity (Wildman–Crippen MR) is 95.2 cm³/mol. The minimum absolute atomic E-state index is 0.217. The van der Waals surface area contributed by atoms with E-state index in [4.69, 9.17) is 0 Å². The molecule has 3 rings (SSSR count). The summed E-state index contributed by atoms with van der Waals surface area (Å²) in [5.41, 5.74) is 4.47. The number of amides is 1. The van der Waals surface area contributed by atoms with Crippen molar-refractivity contribution in [2.75, 3.05) is 0 Å². The second-order valence-corrected chi connectivity index (χ2v) is 5.67. The highest BCUT2D eigenvalue weighted by atomic mass is 16.2. The van der Waals surface area contributed by atoms with Gasteiger partial charge in [0, 0.05) is 18.3 Å². The normalized spacial score (nSPS) is 10.3. The average molecular weight is 331 g/mol. The van der Waals surface area contributed by atoms with Crippen LogP contribution in [0.4, 0.5) is 0 Å². The average Bonchev–Trinajstić information content (AvgIpc) is 2.66. The summed E-state index contributed by atoms with van der Waals surface area (Å²) < 4.78 is 0. The number of benzene rings is 1. The SMILES string of the molecule is Cc1cccc(-c2ccc(CNC(=O)c3cccc(C=O)n3)cn2)c1. The molecule has 2 aromatic heterocycles. The standard InChI is InChI=1S/C20H17N3O2/c1-14-4-2-5-16(10-14)18-9-8-15(11-21-18)12-22-20(25)19-7-3-6-17(13-24)23-19/h2-11,13H,12H2,1H3,(H,22,25). The first-order valence-electron chi connectivity index (χ1n) is 7.88. The van der Waals surface area contributed by atoms with Crippen molar-refractivity contribution >= 4 is 12.2 Å². The largest absolute Gasteiger partial charge is 0.347 e. The Morgan fingerprint density at radius 3 is 2.68 bits per heavy atom. The third-order valence-electron chi connectivity index (χ3n) is 3.72. The van der Waals surface area contributed by atoms with Crippen molar-refractivity contribution in [3.05, 3.63) is 83.3 Å². The second-order valence-electron chi connectivity index (χ2n) is 5.67. The molecule has 2 heterocycles. The molecule has 0 unspecified atom stereocenters. The molecule has 1 aromatic carbocycles. The molecule has 0 fully saturated rings. The molecule has 0 aliphatic rings. The van der Waals surface area contributed by atoms with Crippen LogP contribution >= 0.6 is 0 Å². The summed E-state index contributed by atoms with van der Waals surface area (Å²) in [6, 6.07) is 16.8. The molecule has 0 aliphatic carbocycles. The number of carbonyl (C=O) groups excluding carboxylic acids is 2. The summed E-state index contributed by atoms with van der Waals surface area (Å²) in [6.07, 6.45) is 2.36. The third-order valence-corrected chi connectivity index (χ3v) is 3.72. The summed E-state index contributed by atoms with van der Waals surface area (Å²) >= 11 is 0. The fourth-order valence-electron chi connectivity index (χ4n) is 2.42. The first kappa shape index (κ1) is 16.5. The number of hydrogen-bond donors (Lipinski definition) is 1. The fraction of sp³-hybridized carbons (Fsp3) is 0.100. The maximum absolute atomic E-state index is 12.1. The molecule has 1 N–H and O–H groups in total. The molecule has 0 spiro atoms. The van der Waals surface area contributed by atoms with Gasteiger partial charge in [-0.2, -0.15) is 0 Å². The van der Waals surface area contributed by atoms with Crippen molar-refractivity contribution in [1.29, 1.82) is 0 Å². The summed E-state index contributed by atoms with van der Waals surface area (Å²) in [4.78, 5) is 31.3. The van der Waals surface area contributed by atoms with E-state index in [-0.39, 0.29) is 17.3 Å². The van der Waals surface area contributed by atoms with E-state index in [0.29, 0.717) is 12.8 Å². The minimum atomic E-state index is -0.327. The van der Waals surface area contributed by atoms with Crippen molar-refractivity contribution in [2.24, 2.45) is 0 Å². The smallest absolute Gasteiger partial charge is 0.270 e. The lowest BCUT2D eigenvalue weighted by atomic mass is 10.1. The van der Waals surface area contributed by atoms with Crippen LogP contribution in [0.15, 0.2) is 60.8 Å². The zero-order chi connectivity index (χ0) is 17.6. The Morgan fingerprint density at radius 2 is 1.96 bits per heavy atom. The number of nitrogens with zero attached hydrogens (tertiary/aromatic N) is 2. The van der Waals surface area contributed by atoms with Crippen LogP contribution in [0, 0.1) is 6.92 Å². The molecule has 0 atom stereocenters. The van der Waals surface area contributed by atoms with Crippen LogP contribution in [-0.4, -0.2) is 22.2 Å². The molecule has 5 nitrogen and oxygen atoms in total. The number of nitrogens with one attached hydrogen (secondary N) is 1. The Kier molecular flexibility index (Phi) is 4.95. The van der Waals surface area contributed by atoms with E-state index in [9.17, 15) is 9.59 Å². The summed E-state index contributed by atoms with van der Waals surface area (Å²) in [7, 11) is 0. The zero-order valence-corrected chi connectivity index (χ0v) is 13.8. The number of aldehydes is 1. The van der Waals surface area contributed by atoms with Crippen molar-refractivity contribution < 1.29 is 9.59 Å². The summed E-state index contributed by atoms with van der Waals surface area (Å²) in [5, 5.41) is 2.78. The van der Waals surface area contributed by atoms with Crippen molar-refractivity contribution in [3.63, 3.8) is 0 Å². The van der Waals surface area contributed by atoms with E-state index in [2.05, 4.69) is 21.4 Å². The van der Waals surface area contributed by atoms with Crippen LogP contribution in [0.3, 0.4) is 0 Å². The zero-order valence-electron chi connectivity index (χ0n) is 13.8. The summed E-state index contributed by atoms with van der Waals surface area (Å²) in [6.45, 7) is 2.38. The third kappa shape index (κ3) is 4.14. The maximum atomic E-state index is 12.1. The molecule has 0 saturated carbocycles. The Hall–Kier alpha value is -3.34. The van der Waals surface area contributed by atoms with E-state index in [0.717, 1.165) is 16.8 Å². The quantitative estimate of drug-likeness (QED) is 0.729. The molecule has 0 aliphatic heterocycles. The highest BCUT2D eigenvalue weighted by Gasteiger charge is 2.08. The van der Waals surface area contributed by atoms with Crippen molar-refractivity contribution in [3.8, 4) is 11.3 Å². The molecule has 124 valence electrons. The molecular weight excluding hydrogens is 314 g/mol. The van der Waals surface area contributed by atoms with E-state index in [1.54, 1.807) is 24.4 Å². The van der Waals surface area contributed by atoms with E-state index in [1.807, 2.05) is 37.3 Å². The van der Waals surface area contributed by atoms with Gasteiger partial charge >= 0.3 is 0 Å². The van der Waals surface area contributed by atoms with Crippen LogP contribution in [0.2, 0.25) is 0 Å². The predicted octanol–water partition coefficient (Wildman–Crippen LogP) is 3.19. The fourth-order valence-corrected chi connectivity index (χ4v) is 2.42. The van der Waals surface area contributed by atoms with E-state index >= 15 is 0 Å². The molecule has 0 saturated heterocycles. The van der Waals surface area contributed by atoms with Gasteiger partial charge in [0.05, 0.1) is 5.69 Å². The van der Waals surface area contributed by atoms with Gasteiger partial charge in [-0.15, -0.1) is 0 Å². The Balaban J connectivity index is 1.65. The number of pyridine rings is 2. The number of hydrogen-bond acceptors (Lipinski definition) is 4. The van der Waals surface area contributed by atoms with Crippen LogP contribution < -0.4 is 5.32 Å². The topological polar surface area (TPSA) is 72.0 Å². The van der Waals surface area contributed by atoms with Crippen LogP contribution in [0.5, 0.6) is 0 Å². The van der Waals surface area contributed by atoms with Crippen molar-refractivity contribution in [1.82, 2.24) is 15.3 Å². The number of rotatable bonds is 5. The molecule has 3 aromatic rings. The number of aryl methyl sites for hydroxylation is 1. The monoisotopic (exact) mass is 331 g/mol. The Morgan fingerprint density at radius 1 is 1.12 bits per heavy atom. The molecule has 25 heavy (non-hydrogen) atoms. The van der Waals surface area contributed by atoms with Crippen LogP contribution in [0.1, 0.15) is 32.1 Å². The van der Waals surface area contributed by atoms with Gasteiger partial charge in [-0.1, -0.05) is 35.9 Å². The second kappa shape index (κ2) is 7.49. The minimum Gasteiger partial charge on any atom is -0.347 e. The highest BCUT2D eigenvalue weighted by molar-refractivity contribution is 5.92. The Labute approximate surface area is 145 Å². The van der Waals surface area contributed by atoms with Gasteiger partial charge in [0.1, 0.15) is 11.4 Å². The first-order valence-corrected chi connectivity index (χ1v) is 7.88. The van der Waals surface area contributed by atoms with Gasteiger partial charge in [-0.25, -0.2) is 4.98 Å². The van der Waals surface area contributed by atoms with Crippen LogP contribution in [-0.2, 0) is 6.54 Å². The van der Waals surface area contributed by atoms with Gasteiger partial charge < -0.3 is 5.32 Å². The highest BCUT2D eigenvalue weighted by Crippen LogP contribution is 2.18. The van der Waals surface area contributed by atoms with E-state index in [1.165, 1.54) is 5.56 Å². The molecule has 1 amide bonds. The summed E-state index contributed by atoms with van der Waals surface area (Å²) in [5.74, 6) is -0.327. The van der Waals surface area contributed by atoms with Crippen molar-refractivity contribution in [2.45, 2.75) is 13.5 Å². The van der Waals surface area contributed by atoms with Crippen LogP contribution in [0.25, 0.3) is 11.3 Å². The Bertz CT molecular complexity index is 905. The van der Waals surface area contributed by atoms with Gasteiger partial charge in [0.15, 0.2) is 6.29 Å². The van der Waals surface area contributed by atoms with E-state index < -0.39 is 0 Å². The molecule has 5 heteroatoms. The van der Waals surface area contributed by atoms with Gasteiger partial charge in [0.25, 0.3) is 5.91 Å². The lowest BCUT2D eigenvalue weighted by Crippen LogP contribution is -2.24. The lowest BCUT2D eigenvalue weighted by molar-refractivity contribution is 0.0946. The number of aromatic nitrogens is 2. The molecular formula is C20H17N3O2. The maximum Gasteiger partial charge on any atom is 0.270 e. The van der Waals surface area contributed by atoms with Gasteiger partial charge in [-0.05, 0) is 36.8 Å². The lowest BCUT2D eigenvalue weighted by Gasteiger charge is -2.07. The molecule has 0 radical (unpaired) electrons. The van der Waals surface area contributed by atoms with Gasteiger partial charge in [-0.3, -0.25) is 14.6 Å².